The summed E-state index contributed by atoms with van der Waals surface area (Å²) in [7, 11) is 4.61. The molecule has 1 aromatic rings. The standard InChI is InChI=1S/C16H23N3O5/c1-17-13(20)9-16(11-22-2)10-19(6-7-24-16)15(21)12-4-5-18-14(8-12)23-3/h4-5,8H,6-7,9-11H2,1-3H3,(H,17,20)/t16-/m1/s1. The van der Waals surface area contributed by atoms with Gasteiger partial charge in [-0.15, -0.1) is 0 Å². The fourth-order valence-electron chi connectivity index (χ4n) is 2.74. The number of methoxy groups -OCH3 is 2. The Balaban J connectivity index is 2.17. The molecule has 0 radical (unpaired) electrons. The van der Waals surface area contributed by atoms with Crippen molar-refractivity contribution in [1.82, 2.24) is 15.2 Å². The number of morpholine rings is 1. The Labute approximate surface area is 141 Å². The van der Waals surface area contributed by atoms with Gasteiger partial charge in [-0.05, 0) is 6.07 Å². The first-order valence-corrected chi connectivity index (χ1v) is 7.66. The largest absolute Gasteiger partial charge is 0.481 e. The minimum atomic E-state index is -0.847. The molecule has 1 N–H and O–H groups in total. The highest BCUT2D eigenvalue weighted by Crippen LogP contribution is 2.24. The van der Waals surface area contributed by atoms with Gasteiger partial charge in [0.25, 0.3) is 5.91 Å². The van der Waals surface area contributed by atoms with Crippen LogP contribution in [-0.2, 0) is 14.3 Å². The maximum Gasteiger partial charge on any atom is 0.254 e. The molecule has 24 heavy (non-hydrogen) atoms. The second-order valence-corrected chi connectivity index (χ2v) is 5.63. The Bertz CT molecular complexity index is 591. The lowest BCUT2D eigenvalue weighted by atomic mass is 9.97. The summed E-state index contributed by atoms with van der Waals surface area (Å²) in [5.74, 6) is 0.0611. The quantitative estimate of drug-likeness (QED) is 0.791. The van der Waals surface area contributed by atoms with Gasteiger partial charge in [0.05, 0.1) is 33.3 Å². The minimum absolute atomic E-state index is 0.126. The summed E-state index contributed by atoms with van der Waals surface area (Å²) >= 11 is 0. The molecule has 0 aliphatic carbocycles. The van der Waals surface area contributed by atoms with Gasteiger partial charge in [-0.25, -0.2) is 4.98 Å². The Morgan fingerprint density at radius 1 is 1.46 bits per heavy atom. The highest BCUT2D eigenvalue weighted by Gasteiger charge is 2.40. The lowest BCUT2D eigenvalue weighted by Crippen LogP contribution is -2.57. The van der Waals surface area contributed by atoms with E-state index in [4.69, 9.17) is 14.2 Å². The second-order valence-electron chi connectivity index (χ2n) is 5.63. The van der Waals surface area contributed by atoms with E-state index in [2.05, 4.69) is 10.3 Å². The van der Waals surface area contributed by atoms with Crippen molar-refractivity contribution in [3.63, 3.8) is 0 Å². The zero-order chi connectivity index (χ0) is 17.6. The lowest BCUT2D eigenvalue weighted by Gasteiger charge is -2.42. The molecule has 1 aliphatic heterocycles. The van der Waals surface area contributed by atoms with Crippen LogP contribution in [0.2, 0.25) is 0 Å². The predicted octanol–water partition coefficient (Wildman–Crippen LogP) is 0.0839. The molecule has 1 aromatic heterocycles. The number of amides is 2. The number of hydrogen-bond donors (Lipinski definition) is 1. The van der Waals surface area contributed by atoms with Crippen LogP contribution in [0.5, 0.6) is 5.88 Å². The van der Waals surface area contributed by atoms with Crippen molar-refractivity contribution in [3.05, 3.63) is 23.9 Å². The Morgan fingerprint density at radius 2 is 2.25 bits per heavy atom. The number of nitrogens with one attached hydrogen (secondary N) is 1. The van der Waals surface area contributed by atoms with E-state index in [1.807, 2.05) is 0 Å². The molecule has 0 aromatic carbocycles. The molecule has 1 atom stereocenters. The van der Waals surface area contributed by atoms with Crippen molar-refractivity contribution in [1.29, 1.82) is 0 Å². The van der Waals surface area contributed by atoms with Gasteiger partial charge in [0, 0.05) is 38.5 Å². The van der Waals surface area contributed by atoms with Crippen LogP contribution in [0.1, 0.15) is 16.8 Å². The predicted molar refractivity (Wildman–Crippen MR) is 85.9 cm³/mol. The summed E-state index contributed by atoms with van der Waals surface area (Å²) in [5, 5.41) is 2.58. The summed E-state index contributed by atoms with van der Waals surface area (Å²) < 4.78 is 16.1. The Morgan fingerprint density at radius 3 is 2.92 bits per heavy atom. The van der Waals surface area contributed by atoms with Crippen molar-refractivity contribution in [2.75, 3.05) is 47.6 Å². The molecule has 132 valence electrons. The zero-order valence-corrected chi connectivity index (χ0v) is 14.2. The van der Waals surface area contributed by atoms with Crippen LogP contribution in [0.15, 0.2) is 18.3 Å². The molecule has 8 nitrogen and oxygen atoms in total. The summed E-state index contributed by atoms with van der Waals surface area (Å²) in [6.45, 7) is 1.29. The summed E-state index contributed by atoms with van der Waals surface area (Å²) in [4.78, 5) is 30.2. The molecule has 2 rings (SSSR count). The molecule has 1 fully saturated rings. The fourth-order valence-corrected chi connectivity index (χ4v) is 2.74. The van der Waals surface area contributed by atoms with Crippen LogP contribution >= 0.6 is 0 Å². The van der Waals surface area contributed by atoms with E-state index < -0.39 is 5.60 Å². The van der Waals surface area contributed by atoms with Crippen molar-refractivity contribution in [2.45, 2.75) is 12.0 Å². The molecule has 1 saturated heterocycles. The molecule has 0 bridgehead atoms. The van der Waals surface area contributed by atoms with Crippen LogP contribution in [0.4, 0.5) is 0 Å². The van der Waals surface area contributed by atoms with E-state index >= 15 is 0 Å². The Kier molecular flexibility index (Phi) is 6.10. The first-order chi connectivity index (χ1) is 11.5. The van der Waals surface area contributed by atoms with Crippen LogP contribution in [0.25, 0.3) is 0 Å². The number of rotatable bonds is 6. The molecular formula is C16H23N3O5. The molecule has 1 aliphatic rings. The number of nitrogens with zero attached hydrogens (tertiary/aromatic N) is 2. The maximum atomic E-state index is 12.8. The number of ether oxygens (including phenoxy) is 3. The van der Waals surface area contributed by atoms with E-state index in [-0.39, 0.29) is 31.4 Å². The summed E-state index contributed by atoms with van der Waals surface area (Å²) in [6.07, 6.45) is 1.65. The van der Waals surface area contributed by atoms with Crippen LogP contribution in [0.3, 0.4) is 0 Å². The second kappa shape index (κ2) is 8.07. The monoisotopic (exact) mass is 337 g/mol. The van der Waals surface area contributed by atoms with E-state index in [1.165, 1.54) is 13.3 Å². The number of hydrogen-bond acceptors (Lipinski definition) is 6. The van der Waals surface area contributed by atoms with Gasteiger partial charge in [0.15, 0.2) is 0 Å². The molecular weight excluding hydrogens is 314 g/mol. The van der Waals surface area contributed by atoms with Crippen LogP contribution in [0, 0.1) is 0 Å². The van der Waals surface area contributed by atoms with E-state index in [1.54, 1.807) is 31.2 Å². The van der Waals surface area contributed by atoms with Crippen molar-refractivity contribution in [2.24, 2.45) is 0 Å². The third kappa shape index (κ3) is 4.21. The van der Waals surface area contributed by atoms with Crippen molar-refractivity contribution < 1.29 is 23.8 Å². The minimum Gasteiger partial charge on any atom is -0.481 e. The highest BCUT2D eigenvalue weighted by molar-refractivity contribution is 5.94. The summed E-state index contributed by atoms with van der Waals surface area (Å²) in [6, 6.07) is 3.23. The summed E-state index contributed by atoms with van der Waals surface area (Å²) in [5.41, 5.74) is -0.366. The molecule has 0 unspecified atom stereocenters. The third-order valence-corrected chi connectivity index (χ3v) is 3.90. The van der Waals surface area contributed by atoms with Gasteiger partial charge in [0.2, 0.25) is 11.8 Å². The SMILES string of the molecule is CNC(=O)C[C@]1(COC)CN(C(=O)c2ccnc(OC)c2)CCO1. The van der Waals surface area contributed by atoms with E-state index in [0.29, 0.717) is 24.6 Å². The van der Waals surface area contributed by atoms with Gasteiger partial charge in [0.1, 0.15) is 5.60 Å². The maximum absolute atomic E-state index is 12.8. The average molecular weight is 337 g/mol. The molecule has 2 amide bonds. The lowest BCUT2D eigenvalue weighted by molar-refractivity contribution is -0.150. The number of pyridine rings is 1. The van der Waals surface area contributed by atoms with E-state index in [9.17, 15) is 9.59 Å². The first kappa shape index (κ1) is 18.2. The number of aromatic nitrogens is 1. The molecule has 8 heteroatoms. The van der Waals surface area contributed by atoms with Gasteiger partial charge in [-0.2, -0.15) is 0 Å². The topological polar surface area (TPSA) is 90.0 Å². The van der Waals surface area contributed by atoms with Crippen LogP contribution in [-0.4, -0.2) is 74.9 Å². The third-order valence-electron chi connectivity index (χ3n) is 3.90. The normalized spacial score (nSPS) is 20.5. The fraction of sp³-hybridized carbons (Fsp3) is 0.562. The number of carbonyl (C=O) groups excluding carboxylic acids is 2. The van der Waals surface area contributed by atoms with Gasteiger partial charge >= 0.3 is 0 Å². The van der Waals surface area contributed by atoms with E-state index in [0.717, 1.165) is 0 Å². The van der Waals surface area contributed by atoms with Gasteiger partial charge in [-0.1, -0.05) is 0 Å². The smallest absolute Gasteiger partial charge is 0.254 e. The van der Waals surface area contributed by atoms with Crippen molar-refractivity contribution in [3.8, 4) is 5.88 Å². The zero-order valence-electron chi connectivity index (χ0n) is 14.2. The molecule has 2 heterocycles. The molecule has 0 spiro atoms. The highest BCUT2D eigenvalue weighted by atomic mass is 16.5. The van der Waals surface area contributed by atoms with Crippen LogP contribution < -0.4 is 10.1 Å². The molecule has 0 saturated carbocycles. The van der Waals surface area contributed by atoms with Crippen molar-refractivity contribution >= 4 is 11.8 Å². The van der Waals surface area contributed by atoms with Gasteiger partial charge in [-0.3, -0.25) is 9.59 Å². The first-order valence-electron chi connectivity index (χ1n) is 7.66. The average Bonchev–Trinajstić information content (AvgIpc) is 2.61. The number of carbonyl (C=O) groups is 2. The Hall–Kier alpha value is -2.19. The van der Waals surface area contributed by atoms with Gasteiger partial charge < -0.3 is 24.4 Å².